The Kier molecular flexibility index (Phi) is 4.70. The lowest BCUT2D eigenvalue weighted by Crippen LogP contribution is -2.33. The Balaban J connectivity index is 2.86. The number of nitrogens with one attached hydrogen (secondary N) is 1. The van der Waals surface area contributed by atoms with Crippen LogP contribution in [0.15, 0.2) is 24.3 Å². The number of carbonyl (C=O) groups is 2. The topological polar surface area (TPSA) is 66.4 Å². The monoisotopic (exact) mass is 263 g/mol. The number of hydrogen-bond donors (Lipinski definition) is 2. The smallest absolute Gasteiger partial charge is 0.308 e. The molecule has 0 spiro atoms. The number of aliphatic carboxylic acids is 1. The summed E-state index contributed by atoms with van der Waals surface area (Å²) in [5.74, 6) is -1.73. The highest BCUT2D eigenvalue weighted by atomic mass is 16.4. The van der Waals surface area contributed by atoms with Gasteiger partial charge in [-0.1, -0.05) is 45.9 Å². The van der Waals surface area contributed by atoms with Crippen LogP contribution in [0.25, 0.3) is 0 Å². The number of carboxylic acids is 1. The lowest BCUT2D eigenvalue weighted by molar-refractivity contribution is -0.140. The van der Waals surface area contributed by atoms with Crippen molar-refractivity contribution in [1.29, 1.82) is 0 Å². The normalized spacial score (nSPS) is 12.8. The third-order valence-electron chi connectivity index (χ3n) is 2.97. The van der Waals surface area contributed by atoms with E-state index in [2.05, 4.69) is 5.32 Å². The number of carbonyl (C=O) groups excluding carboxylic acids is 1. The second-order valence-corrected chi connectivity index (χ2v) is 5.74. The molecule has 0 aromatic heterocycles. The van der Waals surface area contributed by atoms with Gasteiger partial charge in [0, 0.05) is 12.1 Å². The van der Waals surface area contributed by atoms with Gasteiger partial charge in [0.1, 0.15) is 0 Å². The van der Waals surface area contributed by atoms with Gasteiger partial charge in [0.25, 0.3) is 5.91 Å². The summed E-state index contributed by atoms with van der Waals surface area (Å²) >= 11 is 0. The van der Waals surface area contributed by atoms with Crippen LogP contribution in [0.2, 0.25) is 0 Å². The summed E-state index contributed by atoms with van der Waals surface area (Å²) in [5.41, 5.74) is 1.43. The van der Waals surface area contributed by atoms with Gasteiger partial charge in [-0.25, -0.2) is 0 Å². The van der Waals surface area contributed by atoms with Gasteiger partial charge in [0.05, 0.1) is 5.92 Å². The van der Waals surface area contributed by atoms with Crippen molar-refractivity contribution in [2.75, 3.05) is 6.54 Å². The molecule has 0 aliphatic carbocycles. The van der Waals surface area contributed by atoms with Crippen molar-refractivity contribution in [3.63, 3.8) is 0 Å². The van der Waals surface area contributed by atoms with E-state index in [0.29, 0.717) is 5.56 Å². The van der Waals surface area contributed by atoms with Crippen LogP contribution in [0.5, 0.6) is 0 Å². The fourth-order valence-corrected chi connectivity index (χ4v) is 1.76. The van der Waals surface area contributed by atoms with Crippen LogP contribution >= 0.6 is 0 Å². The maximum absolute atomic E-state index is 12.1. The van der Waals surface area contributed by atoms with Crippen LogP contribution in [-0.2, 0) is 10.2 Å². The number of carboxylic acid groups (broad SMARTS) is 1. The molecule has 0 fully saturated rings. The first-order valence-electron chi connectivity index (χ1n) is 6.34. The summed E-state index contributed by atoms with van der Waals surface area (Å²) in [6.45, 7) is 7.82. The van der Waals surface area contributed by atoms with Gasteiger partial charge in [-0.05, 0) is 17.0 Å². The summed E-state index contributed by atoms with van der Waals surface area (Å²) in [6.07, 6.45) is 0. The molecule has 4 nitrogen and oxygen atoms in total. The summed E-state index contributed by atoms with van der Waals surface area (Å²) in [5, 5.41) is 11.5. The molecule has 0 bridgehead atoms. The zero-order chi connectivity index (χ0) is 14.6. The van der Waals surface area contributed by atoms with E-state index in [1.165, 1.54) is 0 Å². The van der Waals surface area contributed by atoms with Gasteiger partial charge in [0.2, 0.25) is 0 Å². The molecule has 104 valence electrons. The van der Waals surface area contributed by atoms with E-state index < -0.39 is 11.9 Å². The van der Waals surface area contributed by atoms with Crippen LogP contribution < -0.4 is 5.32 Å². The zero-order valence-electron chi connectivity index (χ0n) is 11.9. The van der Waals surface area contributed by atoms with Crippen molar-refractivity contribution in [2.45, 2.75) is 33.1 Å². The van der Waals surface area contributed by atoms with Gasteiger partial charge in [0.15, 0.2) is 0 Å². The highest BCUT2D eigenvalue weighted by molar-refractivity contribution is 5.96. The van der Waals surface area contributed by atoms with Crippen molar-refractivity contribution in [3.8, 4) is 0 Å². The molecule has 0 saturated carbocycles. The third kappa shape index (κ3) is 4.09. The van der Waals surface area contributed by atoms with Crippen LogP contribution in [0, 0.1) is 5.92 Å². The fourth-order valence-electron chi connectivity index (χ4n) is 1.76. The van der Waals surface area contributed by atoms with Crippen LogP contribution in [-0.4, -0.2) is 23.5 Å². The number of hydrogen-bond acceptors (Lipinski definition) is 2. The SMILES string of the molecule is CC(CNC(=O)c1ccccc1C(C)(C)C)C(=O)O. The molecule has 1 aromatic rings. The number of rotatable bonds is 4. The summed E-state index contributed by atoms with van der Waals surface area (Å²) in [6, 6.07) is 7.40. The van der Waals surface area contributed by atoms with Crippen molar-refractivity contribution >= 4 is 11.9 Å². The molecule has 1 rings (SSSR count). The molecule has 4 heteroatoms. The van der Waals surface area contributed by atoms with Crippen molar-refractivity contribution < 1.29 is 14.7 Å². The maximum Gasteiger partial charge on any atom is 0.308 e. The molecule has 0 heterocycles. The van der Waals surface area contributed by atoms with E-state index in [0.717, 1.165) is 5.56 Å². The van der Waals surface area contributed by atoms with E-state index in [1.807, 2.05) is 39.0 Å². The van der Waals surface area contributed by atoms with Gasteiger partial charge in [-0.15, -0.1) is 0 Å². The standard InChI is InChI=1S/C15H21NO3/c1-10(14(18)19)9-16-13(17)11-7-5-6-8-12(11)15(2,3)4/h5-8,10H,9H2,1-4H3,(H,16,17)(H,18,19). The Bertz CT molecular complexity index is 475. The van der Waals surface area contributed by atoms with Gasteiger partial charge in [-0.3, -0.25) is 9.59 Å². The first-order valence-corrected chi connectivity index (χ1v) is 6.34. The van der Waals surface area contributed by atoms with E-state index >= 15 is 0 Å². The number of benzene rings is 1. The minimum atomic E-state index is -0.913. The molecule has 2 N–H and O–H groups in total. The third-order valence-corrected chi connectivity index (χ3v) is 2.97. The average molecular weight is 263 g/mol. The highest BCUT2D eigenvalue weighted by Gasteiger charge is 2.21. The molecule has 1 atom stereocenters. The zero-order valence-corrected chi connectivity index (χ0v) is 11.9. The van der Waals surface area contributed by atoms with Gasteiger partial charge >= 0.3 is 5.97 Å². The fraction of sp³-hybridized carbons (Fsp3) is 0.467. The summed E-state index contributed by atoms with van der Waals surface area (Å²) in [4.78, 5) is 22.9. The van der Waals surface area contributed by atoms with E-state index in [-0.39, 0.29) is 17.9 Å². The Morgan fingerprint density at radius 2 is 1.84 bits per heavy atom. The molecule has 0 aliphatic rings. The molecule has 0 aliphatic heterocycles. The molecule has 0 radical (unpaired) electrons. The number of amides is 1. The maximum atomic E-state index is 12.1. The first-order chi connectivity index (χ1) is 8.73. The largest absolute Gasteiger partial charge is 0.481 e. The lowest BCUT2D eigenvalue weighted by Gasteiger charge is -2.22. The Morgan fingerprint density at radius 1 is 1.26 bits per heavy atom. The second-order valence-electron chi connectivity index (χ2n) is 5.74. The molecule has 0 saturated heterocycles. The Hall–Kier alpha value is -1.84. The van der Waals surface area contributed by atoms with Crippen LogP contribution in [0.1, 0.15) is 43.6 Å². The summed E-state index contributed by atoms with van der Waals surface area (Å²) in [7, 11) is 0. The molecular weight excluding hydrogens is 242 g/mol. The second kappa shape index (κ2) is 5.87. The van der Waals surface area contributed by atoms with Crippen LogP contribution in [0.3, 0.4) is 0 Å². The average Bonchev–Trinajstić information content (AvgIpc) is 2.34. The Labute approximate surface area is 113 Å². The molecule has 1 unspecified atom stereocenters. The molecule has 19 heavy (non-hydrogen) atoms. The van der Waals surface area contributed by atoms with Gasteiger partial charge in [-0.2, -0.15) is 0 Å². The minimum absolute atomic E-state index is 0.132. The minimum Gasteiger partial charge on any atom is -0.481 e. The van der Waals surface area contributed by atoms with Crippen molar-refractivity contribution in [1.82, 2.24) is 5.32 Å². The molecule has 1 aromatic carbocycles. The van der Waals surface area contributed by atoms with E-state index in [9.17, 15) is 9.59 Å². The summed E-state index contributed by atoms with van der Waals surface area (Å²) < 4.78 is 0. The first kappa shape index (κ1) is 15.2. The predicted octanol–water partition coefficient (Wildman–Crippen LogP) is 2.43. The lowest BCUT2D eigenvalue weighted by atomic mass is 9.83. The predicted molar refractivity (Wildman–Crippen MR) is 74.3 cm³/mol. The van der Waals surface area contributed by atoms with E-state index in [1.54, 1.807) is 13.0 Å². The van der Waals surface area contributed by atoms with Gasteiger partial charge < -0.3 is 10.4 Å². The van der Waals surface area contributed by atoms with Crippen molar-refractivity contribution in [3.05, 3.63) is 35.4 Å². The van der Waals surface area contributed by atoms with Crippen molar-refractivity contribution in [2.24, 2.45) is 5.92 Å². The Morgan fingerprint density at radius 3 is 2.37 bits per heavy atom. The van der Waals surface area contributed by atoms with Crippen LogP contribution in [0.4, 0.5) is 0 Å². The molecular formula is C15H21NO3. The highest BCUT2D eigenvalue weighted by Crippen LogP contribution is 2.25. The van der Waals surface area contributed by atoms with E-state index in [4.69, 9.17) is 5.11 Å². The quantitative estimate of drug-likeness (QED) is 0.876. The molecule has 1 amide bonds.